The lowest BCUT2D eigenvalue weighted by molar-refractivity contribution is -0.117. The number of imidazole rings is 1. The molecule has 42 heavy (non-hydrogen) atoms. The number of benzene rings is 2. The Morgan fingerprint density at radius 2 is 2.00 bits per heavy atom. The van der Waals surface area contributed by atoms with Crippen LogP contribution in [-0.4, -0.2) is 55.9 Å². The summed E-state index contributed by atoms with van der Waals surface area (Å²) in [6, 6.07) is 10.00. The van der Waals surface area contributed by atoms with E-state index in [9.17, 15) is 9.59 Å². The molecule has 1 unspecified atom stereocenters. The van der Waals surface area contributed by atoms with E-state index < -0.39 is 12.1 Å². The Hall–Kier alpha value is -4.42. The molecule has 1 aliphatic rings. The van der Waals surface area contributed by atoms with Crippen molar-refractivity contribution in [2.24, 2.45) is 0 Å². The van der Waals surface area contributed by atoms with Crippen molar-refractivity contribution in [1.82, 2.24) is 35.5 Å². The number of H-pyrrole nitrogens is 1. The maximum atomic E-state index is 13.1. The van der Waals surface area contributed by atoms with Gasteiger partial charge in [-0.1, -0.05) is 42.5 Å². The summed E-state index contributed by atoms with van der Waals surface area (Å²) < 4.78 is 12.3. The van der Waals surface area contributed by atoms with E-state index in [1.165, 1.54) is 24.2 Å². The highest BCUT2D eigenvalue weighted by molar-refractivity contribution is 6.32. The quantitative estimate of drug-likeness (QED) is 0.242. The third kappa shape index (κ3) is 7.07. The summed E-state index contributed by atoms with van der Waals surface area (Å²) >= 11 is 12.8. The van der Waals surface area contributed by atoms with Gasteiger partial charge >= 0.3 is 6.09 Å². The minimum absolute atomic E-state index is 0.306. The number of hydrogen-bond donors (Lipinski definition) is 3. The Morgan fingerprint density at radius 1 is 1.14 bits per heavy atom. The third-order valence-electron chi connectivity index (χ3n) is 6.64. The van der Waals surface area contributed by atoms with Gasteiger partial charge in [0.2, 0.25) is 5.91 Å². The van der Waals surface area contributed by atoms with E-state index in [0.29, 0.717) is 63.0 Å². The van der Waals surface area contributed by atoms with Crippen molar-refractivity contribution in [3.05, 3.63) is 70.4 Å². The second kappa shape index (κ2) is 13.5. The molecule has 2 aromatic carbocycles. The van der Waals surface area contributed by atoms with Gasteiger partial charge in [-0.25, -0.2) is 9.78 Å². The Morgan fingerprint density at radius 3 is 2.81 bits per heavy atom. The molecule has 0 radical (unpaired) electrons. The van der Waals surface area contributed by atoms with Crippen molar-refractivity contribution in [2.75, 3.05) is 19.0 Å². The van der Waals surface area contributed by atoms with E-state index in [2.05, 4.69) is 31.1 Å². The molecular formula is C28H28Cl2N8O4. The number of nitrogens with zero attached hydrogens (tertiary/aromatic N) is 5. The van der Waals surface area contributed by atoms with Gasteiger partial charge in [-0.15, -0.1) is 5.10 Å². The lowest BCUT2D eigenvalue weighted by atomic mass is 10.1. The first-order chi connectivity index (χ1) is 20.4. The average Bonchev–Trinajstić information content (AvgIpc) is 3.65. The summed E-state index contributed by atoms with van der Waals surface area (Å²) in [5, 5.41) is 17.8. The van der Waals surface area contributed by atoms with Crippen LogP contribution in [0.15, 0.2) is 48.8 Å². The number of nitrogens with one attached hydrogen (secondary N) is 3. The van der Waals surface area contributed by atoms with Crippen molar-refractivity contribution in [3.8, 4) is 22.7 Å². The summed E-state index contributed by atoms with van der Waals surface area (Å²) in [4.78, 5) is 32.8. The maximum Gasteiger partial charge on any atom is 0.411 e. The van der Waals surface area contributed by atoms with Crippen LogP contribution in [-0.2, 0) is 9.53 Å². The zero-order valence-electron chi connectivity index (χ0n) is 22.6. The van der Waals surface area contributed by atoms with Crippen molar-refractivity contribution < 1.29 is 19.1 Å². The molecule has 2 amide bonds. The number of carbonyl (C=O) groups is 2. The van der Waals surface area contributed by atoms with Crippen LogP contribution in [0.5, 0.6) is 5.75 Å². The van der Waals surface area contributed by atoms with Crippen molar-refractivity contribution in [1.29, 1.82) is 0 Å². The number of halogens is 2. The first kappa shape index (κ1) is 29.1. The van der Waals surface area contributed by atoms with Gasteiger partial charge in [0.05, 0.1) is 25.4 Å². The fourth-order valence-corrected chi connectivity index (χ4v) is 5.01. The topological polar surface area (TPSA) is 149 Å². The average molecular weight is 611 g/mol. The molecule has 2 bridgehead atoms. The molecule has 3 heterocycles. The Balaban J connectivity index is 1.40. The van der Waals surface area contributed by atoms with E-state index in [-0.39, 0.29) is 5.91 Å². The van der Waals surface area contributed by atoms with Crippen LogP contribution < -0.4 is 15.4 Å². The molecule has 0 saturated carbocycles. The van der Waals surface area contributed by atoms with E-state index in [4.69, 9.17) is 37.7 Å². The molecule has 12 nitrogen and oxygen atoms in total. The molecular weight excluding hydrogens is 583 g/mol. The molecule has 2 aromatic heterocycles. The second-order valence-electron chi connectivity index (χ2n) is 9.52. The molecule has 0 spiro atoms. The van der Waals surface area contributed by atoms with Crippen molar-refractivity contribution >= 4 is 47.0 Å². The van der Waals surface area contributed by atoms with Crippen molar-refractivity contribution in [2.45, 2.75) is 38.1 Å². The first-order valence-corrected chi connectivity index (χ1v) is 14.1. The van der Waals surface area contributed by atoms with E-state index in [0.717, 1.165) is 25.7 Å². The van der Waals surface area contributed by atoms with E-state index in [1.54, 1.807) is 42.5 Å². The molecule has 14 heteroatoms. The van der Waals surface area contributed by atoms with E-state index >= 15 is 0 Å². The van der Waals surface area contributed by atoms with Gasteiger partial charge in [0.25, 0.3) is 0 Å². The molecule has 0 fully saturated rings. The highest BCUT2D eigenvalue weighted by atomic mass is 35.5. The van der Waals surface area contributed by atoms with Crippen LogP contribution in [0.4, 0.5) is 10.5 Å². The van der Waals surface area contributed by atoms with Gasteiger partial charge in [-0.3, -0.25) is 10.1 Å². The van der Waals surface area contributed by atoms with Crippen molar-refractivity contribution in [3.63, 3.8) is 0 Å². The van der Waals surface area contributed by atoms with Crippen LogP contribution in [0, 0.1) is 0 Å². The smallest absolute Gasteiger partial charge is 0.411 e. The van der Waals surface area contributed by atoms with Gasteiger partial charge in [0.15, 0.2) is 0 Å². The number of hydrogen-bond acceptors (Lipinski definition) is 8. The molecule has 1 atom stereocenters. The summed E-state index contributed by atoms with van der Waals surface area (Å²) in [5.41, 5.74) is 2.98. The van der Waals surface area contributed by atoms with Crippen LogP contribution >= 0.6 is 23.2 Å². The molecule has 5 rings (SSSR count). The van der Waals surface area contributed by atoms with E-state index in [1.807, 2.05) is 0 Å². The highest BCUT2D eigenvalue weighted by Gasteiger charge is 2.23. The SMILES string of the molecule is COC(=O)Nc1ccc2c(c1)OCCCCCCC(NC(=O)/C=C/c1cc(Cl)ccc1-n1cnnn1)c1nc-2c(Cl)[nH]1. The number of tetrazole rings is 1. The van der Waals surface area contributed by atoms with Crippen LogP contribution in [0.3, 0.4) is 0 Å². The standard InChI is InChI=1S/C28H28Cl2N8O4/c1-41-28(40)32-19-9-10-20-23(15-19)42-13-5-3-2-4-6-21(27-34-25(20)26(30)35-27)33-24(39)12-7-17-14-18(29)8-11-22(17)38-16-31-36-37-38/h7-12,14-16,21H,2-6,13H2,1H3,(H,32,40)(H,33,39)(H,34,35)/b12-7+. The second-order valence-corrected chi connectivity index (χ2v) is 10.3. The minimum atomic E-state index is -0.589. The number of methoxy groups -OCH3 is 1. The zero-order chi connectivity index (χ0) is 29.5. The molecule has 218 valence electrons. The normalized spacial score (nSPS) is 15.5. The van der Waals surface area contributed by atoms with Crippen LogP contribution in [0.2, 0.25) is 10.2 Å². The molecule has 0 saturated heterocycles. The lowest BCUT2D eigenvalue weighted by Gasteiger charge is -2.16. The number of anilines is 1. The summed E-state index contributed by atoms with van der Waals surface area (Å²) in [6.07, 6.45) is 8.23. The molecule has 3 N–H and O–H groups in total. The third-order valence-corrected chi connectivity index (χ3v) is 7.15. The van der Waals surface area contributed by atoms with Gasteiger partial charge in [-0.2, -0.15) is 4.68 Å². The van der Waals surface area contributed by atoms with Crippen LogP contribution in [0.25, 0.3) is 23.0 Å². The largest absolute Gasteiger partial charge is 0.493 e. The number of rotatable bonds is 5. The number of aromatic amines is 1. The number of aromatic nitrogens is 6. The minimum Gasteiger partial charge on any atom is -0.493 e. The fraction of sp³-hybridized carbons (Fsp3) is 0.286. The monoisotopic (exact) mass is 610 g/mol. The summed E-state index contributed by atoms with van der Waals surface area (Å²) in [6.45, 7) is 0.491. The molecule has 4 aromatic rings. The lowest BCUT2D eigenvalue weighted by Crippen LogP contribution is -2.27. The molecule has 1 aliphatic heterocycles. The maximum absolute atomic E-state index is 13.1. The van der Waals surface area contributed by atoms with Gasteiger partial charge in [-0.05, 0) is 59.7 Å². The summed E-state index contributed by atoms with van der Waals surface area (Å²) in [5.74, 6) is 0.727. The predicted molar refractivity (Wildman–Crippen MR) is 158 cm³/mol. The summed E-state index contributed by atoms with van der Waals surface area (Å²) in [7, 11) is 1.30. The number of amides is 2. The number of fused-ring (bicyclic) bond motifs is 4. The zero-order valence-corrected chi connectivity index (χ0v) is 24.2. The van der Waals surface area contributed by atoms with Gasteiger partial charge in [0.1, 0.15) is 28.7 Å². The Bertz CT molecular complexity index is 1590. The van der Waals surface area contributed by atoms with Gasteiger partial charge in [0, 0.05) is 34.0 Å². The predicted octanol–water partition coefficient (Wildman–Crippen LogP) is 5.75. The number of ether oxygens (including phenoxy) is 2. The molecule has 0 aliphatic carbocycles. The first-order valence-electron chi connectivity index (χ1n) is 13.3. The number of carbonyl (C=O) groups excluding carboxylic acids is 2. The Labute approximate surface area is 251 Å². The fourth-order valence-electron chi connectivity index (χ4n) is 4.58. The highest BCUT2D eigenvalue weighted by Crippen LogP contribution is 2.37. The van der Waals surface area contributed by atoms with Gasteiger partial charge < -0.3 is 19.8 Å². The van der Waals surface area contributed by atoms with Crippen LogP contribution in [0.1, 0.15) is 49.5 Å². The Kier molecular flexibility index (Phi) is 9.35.